The summed E-state index contributed by atoms with van der Waals surface area (Å²) in [6, 6.07) is 15.5. The molecule has 0 saturated carbocycles. The molecule has 32 heavy (non-hydrogen) atoms. The summed E-state index contributed by atoms with van der Waals surface area (Å²) in [7, 11) is -3.84. The highest BCUT2D eigenvalue weighted by Gasteiger charge is 2.36. The number of halogens is 1. The van der Waals surface area contributed by atoms with E-state index in [1.807, 2.05) is 6.07 Å². The van der Waals surface area contributed by atoms with E-state index in [9.17, 15) is 13.2 Å². The standard InChI is InChI=1S/C24H24ClN3O3S/c25-20-6-3-18-14-22(8-5-17(18)12-20)32(30,31)27-23-9-11-28(24(23)29)21-7-4-16-2-1-10-26-15-19(16)13-21/h3-8,12-14,23,26-27H,1-2,9-11,15H2. The van der Waals surface area contributed by atoms with Crippen LogP contribution in [0.1, 0.15) is 24.0 Å². The first-order valence-corrected chi connectivity index (χ1v) is 12.6. The number of hydrogen-bond donors (Lipinski definition) is 2. The van der Waals surface area contributed by atoms with Gasteiger partial charge in [-0.1, -0.05) is 29.8 Å². The molecule has 6 nitrogen and oxygen atoms in total. The summed E-state index contributed by atoms with van der Waals surface area (Å²) in [6.07, 6.45) is 2.55. The van der Waals surface area contributed by atoms with Crippen LogP contribution in [0.3, 0.4) is 0 Å². The first kappa shape index (κ1) is 21.4. The third-order valence-electron chi connectivity index (χ3n) is 6.20. The van der Waals surface area contributed by atoms with Gasteiger partial charge in [0.25, 0.3) is 0 Å². The fraction of sp³-hybridized carbons (Fsp3) is 0.292. The maximum atomic E-state index is 13.1. The number of aryl methyl sites for hydroxylation is 1. The number of nitrogens with zero attached hydrogens (tertiary/aromatic N) is 1. The Bertz CT molecular complexity index is 1310. The molecule has 0 aliphatic carbocycles. The fourth-order valence-corrected chi connectivity index (χ4v) is 5.92. The van der Waals surface area contributed by atoms with Crippen LogP contribution in [0.5, 0.6) is 0 Å². The van der Waals surface area contributed by atoms with Crippen molar-refractivity contribution in [3.8, 4) is 0 Å². The van der Waals surface area contributed by atoms with Crippen molar-refractivity contribution in [3.63, 3.8) is 0 Å². The predicted octanol–water partition coefficient (Wildman–Crippen LogP) is 3.61. The summed E-state index contributed by atoms with van der Waals surface area (Å²) in [5, 5.41) is 5.63. The van der Waals surface area contributed by atoms with Crippen LogP contribution in [0.2, 0.25) is 5.02 Å². The Morgan fingerprint density at radius 2 is 1.81 bits per heavy atom. The lowest BCUT2D eigenvalue weighted by Crippen LogP contribution is -2.41. The number of hydrogen-bond acceptors (Lipinski definition) is 4. The number of nitrogens with one attached hydrogen (secondary N) is 2. The van der Waals surface area contributed by atoms with Crippen molar-refractivity contribution >= 4 is 44.0 Å². The Hall–Kier alpha value is -2.45. The Labute approximate surface area is 192 Å². The van der Waals surface area contributed by atoms with Crippen LogP contribution in [0.15, 0.2) is 59.5 Å². The molecule has 3 aromatic rings. The maximum Gasteiger partial charge on any atom is 0.245 e. The minimum atomic E-state index is -3.84. The van der Waals surface area contributed by atoms with Crippen LogP contribution in [0.25, 0.3) is 10.8 Å². The third kappa shape index (κ3) is 4.13. The van der Waals surface area contributed by atoms with Crippen molar-refractivity contribution in [2.45, 2.75) is 36.7 Å². The summed E-state index contributed by atoms with van der Waals surface area (Å²) in [4.78, 5) is 14.9. The largest absolute Gasteiger partial charge is 0.313 e. The molecule has 5 rings (SSSR count). The number of rotatable bonds is 4. The normalized spacial score (nSPS) is 19.2. The van der Waals surface area contributed by atoms with Gasteiger partial charge in [0.05, 0.1) is 4.90 Å². The number of anilines is 1. The molecule has 0 bridgehead atoms. The van der Waals surface area contributed by atoms with Crippen LogP contribution in [0, 0.1) is 0 Å². The first-order chi connectivity index (χ1) is 15.4. The van der Waals surface area contributed by atoms with E-state index in [1.54, 1.807) is 35.2 Å². The minimum absolute atomic E-state index is 0.134. The third-order valence-corrected chi connectivity index (χ3v) is 7.91. The molecular weight excluding hydrogens is 446 g/mol. The number of carbonyl (C=O) groups excluding carboxylic acids is 1. The molecule has 1 saturated heterocycles. The number of benzene rings is 3. The van der Waals surface area contributed by atoms with Gasteiger partial charge in [-0.15, -0.1) is 0 Å². The zero-order valence-electron chi connectivity index (χ0n) is 17.5. The van der Waals surface area contributed by atoms with Crippen molar-refractivity contribution in [1.82, 2.24) is 10.0 Å². The second-order valence-electron chi connectivity index (χ2n) is 8.34. The molecule has 1 amide bonds. The van der Waals surface area contributed by atoms with Crippen LogP contribution < -0.4 is 14.9 Å². The quantitative estimate of drug-likeness (QED) is 0.611. The Balaban J connectivity index is 1.35. The Kier molecular flexibility index (Phi) is 5.67. The molecule has 1 unspecified atom stereocenters. The van der Waals surface area contributed by atoms with E-state index < -0.39 is 16.1 Å². The summed E-state index contributed by atoms with van der Waals surface area (Å²) < 4.78 is 28.6. The second kappa shape index (κ2) is 8.48. The van der Waals surface area contributed by atoms with Crippen molar-refractivity contribution in [2.75, 3.05) is 18.0 Å². The molecule has 2 heterocycles. The first-order valence-electron chi connectivity index (χ1n) is 10.8. The zero-order chi connectivity index (χ0) is 22.3. The number of carbonyl (C=O) groups is 1. The summed E-state index contributed by atoms with van der Waals surface area (Å²) in [5.74, 6) is -0.220. The molecule has 0 radical (unpaired) electrons. The van der Waals surface area contributed by atoms with Gasteiger partial charge in [-0.3, -0.25) is 4.79 Å². The van der Waals surface area contributed by atoms with Gasteiger partial charge in [0, 0.05) is 23.8 Å². The predicted molar refractivity (Wildman–Crippen MR) is 127 cm³/mol. The second-order valence-corrected chi connectivity index (χ2v) is 10.5. The number of amides is 1. The highest BCUT2D eigenvalue weighted by molar-refractivity contribution is 7.89. The molecule has 3 aromatic carbocycles. The van der Waals surface area contributed by atoms with Crippen LogP contribution >= 0.6 is 11.6 Å². The van der Waals surface area contributed by atoms with E-state index in [0.717, 1.165) is 42.4 Å². The Morgan fingerprint density at radius 1 is 1.00 bits per heavy atom. The molecule has 1 atom stereocenters. The molecule has 8 heteroatoms. The lowest BCUT2D eigenvalue weighted by atomic mass is 10.0. The van der Waals surface area contributed by atoms with Gasteiger partial charge in [0.15, 0.2) is 0 Å². The topological polar surface area (TPSA) is 78.5 Å². The highest BCUT2D eigenvalue weighted by atomic mass is 35.5. The van der Waals surface area contributed by atoms with E-state index in [4.69, 9.17) is 11.6 Å². The monoisotopic (exact) mass is 469 g/mol. The van der Waals surface area contributed by atoms with Crippen LogP contribution in [-0.4, -0.2) is 33.5 Å². The van der Waals surface area contributed by atoms with E-state index in [0.29, 0.717) is 18.0 Å². The number of fused-ring (bicyclic) bond motifs is 2. The van der Waals surface area contributed by atoms with Gasteiger partial charge in [0.2, 0.25) is 15.9 Å². The average molecular weight is 470 g/mol. The van der Waals surface area contributed by atoms with E-state index in [-0.39, 0.29) is 10.8 Å². The molecule has 1 fully saturated rings. The maximum absolute atomic E-state index is 13.1. The van der Waals surface area contributed by atoms with Crippen molar-refractivity contribution in [3.05, 3.63) is 70.7 Å². The molecule has 2 aliphatic rings. The van der Waals surface area contributed by atoms with E-state index in [1.165, 1.54) is 17.2 Å². The molecular formula is C24H24ClN3O3S. The van der Waals surface area contributed by atoms with Crippen molar-refractivity contribution < 1.29 is 13.2 Å². The van der Waals surface area contributed by atoms with Crippen molar-refractivity contribution in [2.24, 2.45) is 0 Å². The molecule has 0 spiro atoms. The summed E-state index contributed by atoms with van der Waals surface area (Å²) in [6.45, 7) is 2.25. The van der Waals surface area contributed by atoms with Crippen LogP contribution in [0.4, 0.5) is 5.69 Å². The zero-order valence-corrected chi connectivity index (χ0v) is 19.0. The Morgan fingerprint density at radius 3 is 2.69 bits per heavy atom. The SMILES string of the molecule is O=C1C(NS(=O)(=O)c2ccc3cc(Cl)ccc3c2)CCN1c1ccc2c(c1)CNCCC2. The van der Waals surface area contributed by atoms with Crippen LogP contribution in [-0.2, 0) is 27.8 Å². The van der Waals surface area contributed by atoms with E-state index >= 15 is 0 Å². The summed E-state index contributed by atoms with van der Waals surface area (Å²) >= 11 is 6.01. The summed E-state index contributed by atoms with van der Waals surface area (Å²) in [5.41, 5.74) is 3.33. The molecule has 2 aliphatic heterocycles. The highest BCUT2D eigenvalue weighted by Crippen LogP contribution is 2.27. The van der Waals surface area contributed by atoms with Gasteiger partial charge in [-0.2, -0.15) is 4.72 Å². The average Bonchev–Trinajstić information content (AvgIpc) is 2.98. The lowest BCUT2D eigenvalue weighted by molar-refractivity contribution is -0.118. The van der Waals surface area contributed by atoms with Gasteiger partial charge in [-0.05, 0) is 84.1 Å². The van der Waals surface area contributed by atoms with Gasteiger partial charge in [0.1, 0.15) is 6.04 Å². The molecule has 0 aromatic heterocycles. The lowest BCUT2D eigenvalue weighted by Gasteiger charge is -2.19. The molecule has 166 valence electrons. The number of sulfonamides is 1. The van der Waals surface area contributed by atoms with Gasteiger partial charge >= 0.3 is 0 Å². The van der Waals surface area contributed by atoms with Gasteiger partial charge in [-0.25, -0.2) is 8.42 Å². The van der Waals surface area contributed by atoms with Crippen molar-refractivity contribution in [1.29, 1.82) is 0 Å². The fourth-order valence-electron chi connectivity index (χ4n) is 4.48. The van der Waals surface area contributed by atoms with E-state index in [2.05, 4.69) is 22.2 Å². The minimum Gasteiger partial charge on any atom is -0.313 e. The molecule has 2 N–H and O–H groups in total. The smallest absolute Gasteiger partial charge is 0.245 e. The van der Waals surface area contributed by atoms with Gasteiger partial charge < -0.3 is 10.2 Å².